The number of carbonyl (C=O) groups excluding carboxylic acids is 1. The molecular weight excluding hydrogens is 402 g/mol. The predicted octanol–water partition coefficient (Wildman–Crippen LogP) is 5.89. The Morgan fingerprint density at radius 3 is 2.23 bits per heavy atom. The van der Waals surface area contributed by atoms with Crippen LogP contribution in [0.5, 0.6) is 0 Å². The second kappa shape index (κ2) is 10.0. The second-order valence-corrected chi connectivity index (χ2v) is 12.7. The lowest BCUT2D eigenvalue weighted by molar-refractivity contribution is 0.108. The van der Waals surface area contributed by atoms with Gasteiger partial charge in [0, 0.05) is 0 Å². The molecule has 0 aliphatic heterocycles. The number of carbonyl (C=O) groups is 1. The largest absolute Gasteiger partial charge is 0.445 e. The van der Waals surface area contributed by atoms with Gasteiger partial charge >= 0.3 is 6.09 Å². The van der Waals surface area contributed by atoms with E-state index in [1.807, 2.05) is 30.3 Å². The highest BCUT2D eigenvalue weighted by Gasteiger charge is 2.50. The zero-order chi connectivity index (χ0) is 22.5. The fourth-order valence-electron chi connectivity index (χ4n) is 4.73. The molecule has 1 amide bonds. The minimum atomic E-state index is -1.23. The van der Waals surface area contributed by atoms with Crippen LogP contribution in [0.3, 0.4) is 0 Å². The monoisotopic (exact) mass is 439 g/mol. The van der Waals surface area contributed by atoms with Crippen molar-refractivity contribution in [2.45, 2.75) is 64.8 Å². The Hall–Kier alpha value is -2.11. The van der Waals surface area contributed by atoms with Crippen molar-refractivity contribution in [3.05, 3.63) is 71.8 Å². The molecule has 4 nitrogen and oxygen atoms in total. The second-order valence-electron chi connectivity index (χ2n) is 10.2. The third-order valence-electron chi connectivity index (χ3n) is 6.32. The van der Waals surface area contributed by atoms with Gasteiger partial charge in [0.2, 0.25) is 0 Å². The maximum absolute atomic E-state index is 12.8. The van der Waals surface area contributed by atoms with Gasteiger partial charge in [0.1, 0.15) is 6.61 Å². The molecule has 168 valence electrons. The number of amides is 1. The Labute approximate surface area is 189 Å². The van der Waals surface area contributed by atoms with E-state index < -0.39 is 14.6 Å². The van der Waals surface area contributed by atoms with E-state index in [2.05, 4.69) is 69.5 Å². The molecule has 0 heterocycles. The third-order valence-corrected chi connectivity index (χ3v) is 7.15. The summed E-state index contributed by atoms with van der Waals surface area (Å²) in [6.07, 6.45) is 1.39. The minimum Gasteiger partial charge on any atom is -0.445 e. The van der Waals surface area contributed by atoms with Gasteiger partial charge in [0.15, 0.2) is 9.04 Å². The van der Waals surface area contributed by atoms with Crippen LogP contribution < -0.4 is 5.32 Å². The van der Waals surface area contributed by atoms with Crippen LogP contribution in [0.2, 0.25) is 13.1 Å². The van der Waals surface area contributed by atoms with Crippen LogP contribution in [0.15, 0.2) is 60.7 Å². The molecule has 1 saturated carbocycles. The van der Waals surface area contributed by atoms with Crippen molar-refractivity contribution < 1.29 is 14.0 Å². The summed E-state index contributed by atoms with van der Waals surface area (Å²) in [5.41, 5.74) is 2.03. The number of benzene rings is 2. The standard InChI is InChI=1S/C26H37NO3Si/c1-25(2,3)23-17-26(19-30-31(4)5,16-22(23)21-14-10-7-11-15-21)27-24(28)29-18-20-12-8-6-9-13-20/h6-15,22-23,31H,16-19H2,1-5H3,(H,27,28). The average Bonchev–Trinajstić information content (AvgIpc) is 3.13. The average molecular weight is 440 g/mol. The van der Waals surface area contributed by atoms with Crippen LogP contribution >= 0.6 is 0 Å². The molecule has 2 aromatic carbocycles. The third kappa shape index (κ3) is 6.44. The molecule has 0 spiro atoms. The molecule has 31 heavy (non-hydrogen) atoms. The fourth-order valence-corrected chi connectivity index (χ4v) is 5.38. The smallest absolute Gasteiger partial charge is 0.407 e. The Morgan fingerprint density at radius 1 is 1.03 bits per heavy atom. The first kappa shape index (κ1) is 23.5. The summed E-state index contributed by atoms with van der Waals surface area (Å²) in [6.45, 7) is 12.1. The van der Waals surface area contributed by atoms with Gasteiger partial charge in [0.05, 0.1) is 12.1 Å². The number of rotatable bonds is 7. The van der Waals surface area contributed by atoms with Crippen molar-refractivity contribution in [2.24, 2.45) is 11.3 Å². The van der Waals surface area contributed by atoms with Gasteiger partial charge in [-0.05, 0) is 54.3 Å². The molecule has 5 heteroatoms. The van der Waals surface area contributed by atoms with E-state index in [0.29, 0.717) is 18.4 Å². The van der Waals surface area contributed by atoms with Gasteiger partial charge in [-0.15, -0.1) is 0 Å². The lowest BCUT2D eigenvalue weighted by Crippen LogP contribution is -2.51. The maximum atomic E-state index is 12.8. The molecule has 0 aromatic heterocycles. The summed E-state index contributed by atoms with van der Waals surface area (Å²) in [4.78, 5) is 12.8. The van der Waals surface area contributed by atoms with Gasteiger partial charge in [-0.1, -0.05) is 81.4 Å². The highest BCUT2D eigenvalue weighted by Crippen LogP contribution is 2.52. The number of hydrogen-bond donors (Lipinski definition) is 1. The van der Waals surface area contributed by atoms with E-state index in [4.69, 9.17) is 9.16 Å². The summed E-state index contributed by atoms with van der Waals surface area (Å²) in [5, 5.41) is 3.26. The molecule has 1 aliphatic carbocycles. The summed E-state index contributed by atoms with van der Waals surface area (Å²) in [7, 11) is -1.23. The summed E-state index contributed by atoms with van der Waals surface area (Å²) in [5.74, 6) is 0.801. The molecule has 3 atom stereocenters. The molecule has 2 aromatic rings. The molecule has 0 saturated heterocycles. The molecule has 0 bridgehead atoms. The van der Waals surface area contributed by atoms with Gasteiger partial charge < -0.3 is 14.5 Å². The summed E-state index contributed by atoms with van der Waals surface area (Å²) in [6, 6.07) is 20.5. The maximum Gasteiger partial charge on any atom is 0.407 e. The van der Waals surface area contributed by atoms with Crippen LogP contribution in [-0.4, -0.2) is 27.3 Å². The van der Waals surface area contributed by atoms with Gasteiger partial charge in [-0.2, -0.15) is 0 Å². The van der Waals surface area contributed by atoms with Crippen LogP contribution in [-0.2, 0) is 15.8 Å². The molecule has 1 N–H and O–H groups in total. The van der Waals surface area contributed by atoms with E-state index in [1.54, 1.807) is 0 Å². The Morgan fingerprint density at radius 2 is 1.65 bits per heavy atom. The normalized spacial score (nSPS) is 23.7. The molecule has 1 aliphatic rings. The van der Waals surface area contributed by atoms with E-state index in [0.717, 1.165) is 18.4 Å². The van der Waals surface area contributed by atoms with E-state index in [1.165, 1.54) is 5.56 Å². The van der Waals surface area contributed by atoms with Gasteiger partial charge in [0.25, 0.3) is 0 Å². The summed E-state index contributed by atoms with van der Waals surface area (Å²) < 4.78 is 11.8. The SMILES string of the molecule is C[SiH](C)OCC1(NC(=O)OCc2ccccc2)CC(c2ccccc2)C(C(C)(C)C)C1. The number of alkyl carbamates (subject to hydrolysis) is 1. The summed E-state index contributed by atoms with van der Waals surface area (Å²) >= 11 is 0. The Balaban J connectivity index is 1.80. The Kier molecular flexibility index (Phi) is 7.60. The molecule has 3 rings (SSSR count). The van der Waals surface area contributed by atoms with Crippen LogP contribution in [0, 0.1) is 11.3 Å². The van der Waals surface area contributed by atoms with E-state index in [9.17, 15) is 4.79 Å². The lowest BCUT2D eigenvalue weighted by Gasteiger charge is -2.34. The molecule has 1 fully saturated rings. The van der Waals surface area contributed by atoms with Crippen molar-refractivity contribution in [1.29, 1.82) is 0 Å². The van der Waals surface area contributed by atoms with E-state index in [-0.39, 0.29) is 18.1 Å². The number of nitrogens with one attached hydrogen (secondary N) is 1. The first-order valence-electron chi connectivity index (χ1n) is 11.3. The zero-order valence-corrected chi connectivity index (χ0v) is 20.7. The van der Waals surface area contributed by atoms with Gasteiger partial charge in [-0.25, -0.2) is 4.79 Å². The van der Waals surface area contributed by atoms with Crippen LogP contribution in [0.25, 0.3) is 0 Å². The highest BCUT2D eigenvalue weighted by molar-refractivity contribution is 6.48. The van der Waals surface area contributed by atoms with Crippen LogP contribution in [0.1, 0.15) is 50.7 Å². The van der Waals surface area contributed by atoms with Crippen molar-refractivity contribution in [3.8, 4) is 0 Å². The molecule has 3 unspecified atom stereocenters. The zero-order valence-electron chi connectivity index (χ0n) is 19.6. The quantitative estimate of drug-likeness (QED) is 0.547. The van der Waals surface area contributed by atoms with Crippen molar-refractivity contribution >= 4 is 15.1 Å². The number of hydrogen-bond acceptors (Lipinski definition) is 3. The predicted molar refractivity (Wildman–Crippen MR) is 129 cm³/mol. The lowest BCUT2D eigenvalue weighted by atomic mass is 9.72. The van der Waals surface area contributed by atoms with Crippen LogP contribution in [0.4, 0.5) is 4.79 Å². The first-order valence-corrected chi connectivity index (χ1v) is 14.1. The van der Waals surface area contributed by atoms with Crippen molar-refractivity contribution in [1.82, 2.24) is 5.32 Å². The molecule has 0 radical (unpaired) electrons. The number of ether oxygens (including phenoxy) is 1. The first-order chi connectivity index (χ1) is 14.7. The van der Waals surface area contributed by atoms with Gasteiger partial charge in [-0.3, -0.25) is 0 Å². The van der Waals surface area contributed by atoms with Crippen molar-refractivity contribution in [2.75, 3.05) is 6.61 Å². The van der Waals surface area contributed by atoms with E-state index >= 15 is 0 Å². The Bertz CT molecular complexity index is 835. The minimum absolute atomic E-state index is 0.118. The fraction of sp³-hybridized carbons (Fsp3) is 0.500. The molecular formula is C26H37NO3Si. The highest BCUT2D eigenvalue weighted by atomic mass is 28.3. The topological polar surface area (TPSA) is 47.6 Å². The van der Waals surface area contributed by atoms with Crippen molar-refractivity contribution in [3.63, 3.8) is 0 Å².